The van der Waals surface area contributed by atoms with Gasteiger partial charge in [0.2, 0.25) is 0 Å². The molecule has 0 saturated heterocycles. The highest BCUT2D eigenvalue weighted by Crippen LogP contribution is 2.23. The first-order valence-corrected chi connectivity index (χ1v) is 7.32. The van der Waals surface area contributed by atoms with Crippen LogP contribution >= 0.6 is 11.3 Å². The Labute approximate surface area is 105 Å². The monoisotopic (exact) mass is 268 g/mol. The van der Waals surface area contributed by atoms with E-state index in [2.05, 4.69) is 0 Å². The molecule has 0 unspecified atom stereocenters. The number of hydrogen-bond acceptors (Lipinski definition) is 4. The Morgan fingerprint density at radius 3 is 2.29 bits per heavy atom. The number of hydrogen-bond donors (Lipinski definition) is 0. The summed E-state index contributed by atoms with van der Waals surface area (Å²) in [5.74, 6) is 0.357. The molecule has 0 radical (unpaired) electrons. The van der Waals surface area contributed by atoms with Gasteiger partial charge in [-0.15, -0.1) is 11.3 Å². The van der Waals surface area contributed by atoms with Gasteiger partial charge in [-0.3, -0.25) is 0 Å². The van der Waals surface area contributed by atoms with Gasteiger partial charge in [0.05, 0.1) is 0 Å². The maximum Gasteiger partial charge on any atom is 0.348 e. The normalized spacial score (nSPS) is 11.4. The molecule has 3 nitrogen and oxygen atoms in total. The predicted octanol–water partition coefficient (Wildman–Crippen LogP) is 3.13. The minimum atomic E-state index is -3.68. The summed E-state index contributed by atoms with van der Waals surface area (Å²) in [4.78, 5) is 0. The van der Waals surface area contributed by atoms with Crippen LogP contribution in [0.5, 0.6) is 5.75 Å². The lowest BCUT2D eigenvalue weighted by Gasteiger charge is -2.07. The molecule has 5 heteroatoms. The lowest BCUT2D eigenvalue weighted by molar-refractivity contribution is 0.488. The fourth-order valence-corrected chi connectivity index (χ4v) is 3.42. The standard InChI is InChI=1S/C12H12O3S2/c1-9-6-10(2)8-11(7-9)15-17(13,14)12-4-3-5-16-12/h3-8H,1-2H3. The minimum Gasteiger partial charge on any atom is -0.378 e. The first kappa shape index (κ1) is 12.1. The predicted molar refractivity (Wildman–Crippen MR) is 68.0 cm³/mol. The van der Waals surface area contributed by atoms with Crippen molar-refractivity contribution in [2.75, 3.05) is 0 Å². The van der Waals surface area contributed by atoms with Gasteiger partial charge < -0.3 is 4.18 Å². The SMILES string of the molecule is Cc1cc(C)cc(OS(=O)(=O)c2cccs2)c1. The van der Waals surface area contributed by atoms with Crippen molar-refractivity contribution in [1.82, 2.24) is 0 Å². The van der Waals surface area contributed by atoms with Gasteiger partial charge in [-0.05, 0) is 48.6 Å². The number of benzene rings is 1. The topological polar surface area (TPSA) is 43.4 Å². The van der Waals surface area contributed by atoms with Gasteiger partial charge in [-0.2, -0.15) is 8.42 Å². The van der Waals surface area contributed by atoms with Crippen molar-refractivity contribution in [3.8, 4) is 5.75 Å². The summed E-state index contributed by atoms with van der Waals surface area (Å²) < 4.78 is 29.1. The zero-order valence-electron chi connectivity index (χ0n) is 9.51. The zero-order chi connectivity index (χ0) is 12.5. The summed E-state index contributed by atoms with van der Waals surface area (Å²) in [6.45, 7) is 3.80. The molecule has 0 N–H and O–H groups in total. The van der Waals surface area contributed by atoms with E-state index in [4.69, 9.17) is 4.18 Å². The van der Waals surface area contributed by atoms with Crippen molar-refractivity contribution >= 4 is 21.5 Å². The van der Waals surface area contributed by atoms with Crippen LogP contribution in [0.2, 0.25) is 0 Å². The summed E-state index contributed by atoms with van der Waals surface area (Å²) in [6, 6.07) is 8.59. The lowest BCUT2D eigenvalue weighted by Crippen LogP contribution is -2.08. The molecule has 17 heavy (non-hydrogen) atoms. The fraction of sp³-hybridized carbons (Fsp3) is 0.167. The first-order valence-electron chi connectivity index (χ1n) is 5.04. The van der Waals surface area contributed by atoms with Crippen molar-refractivity contribution in [3.63, 3.8) is 0 Å². The van der Waals surface area contributed by atoms with Gasteiger partial charge >= 0.3 is 10.1 Å². The zero-order valence-corrected chi connectivity index (χ0v) is 11.1. The van der Waals surface area contributed by atoms with Crippen LogP contribution in [0.3, 0.4) is 0 Å². The van der Waals surface area contributed by atoms with Gasteiger partial charge in [-0.1, -0.05) is 12.1 Å². The molecule has 0 aliphatic heterocycles. The van der Waals surface area contributed by atoms with Crippen LogP contribution in [0.1, 0.15) is 11.1 Å². The Morgan fingerprint density at radius 2 is 1.76 bits per heavy atom. The largest absolute Gasteiger partial charge is 0.378 e. The second-order valence-corrected chi connectivity index (χ2v) is 6.51. The van der Waals surface area contributed by atoms with Gasteiger partial charge in [-0.25, -0.2) is 0 Å². The molecule has 1 heterocycles. The highest BCUT2D eigenvalue weighted by molar-refractivity contribution is 7.89. The average Bonchev–Trinajstić information content (AvgIpc) is 2.67. The van der Waals surface area contributed by atoms with Crippen molar-refractivity contribution in [2.45, 2.75) is 18.1 Å². The highest BCUT2D eigenvalue weighted by Gasteiger charge is 2.17. The molecule has 0 saturated carbocycles. The van der Waals surface area contributed by atoms with Crippen LogP contribution in [0.25, 0.3) is 0 Å². The summed E-state index contributed by atoms with van der Waals surface area (Å²) in [5.41, 5.74) is 1.95. The average molecular weight is 268 g/mol. The Balaban J connectivity index is 2.33. The maximum atomic E-state index is 11.9. The molecule has 0 spiro atoms. The Morgan fingerprint density at radius 1 is 1.12 bits per heavy atom. The molecule has 0 fully saturated rings. The van der Waals surface area contributed by atoms with Crippen LogP contribution in [0.15, 0.2) is 39.9 Å². The molecule has 1 aromatic heterocycles. The van der Waals surface area contributed by atoms with Crippen molar-refractivity contribution in [2.24, 2.45) is 0 Å². The second-order valence-electron chi connectivity index (χ2n) is 3.79. The number of thiophene rings is 1. The van der Waals surface area contributed by atoms with E-state index in [-0.39, 0.29) is 4.21 Å². The molecule has 0 amide bonds. The van der Waals surface area contributed by atoms with Crippen molar-refractivity contribution in [1.29, 1.82) is 0 Å². The van der Waals surface area contributed by atoms with Crippen LogP contribution in [0, 0.1) is 13.8 Å². The molecule has 0 aliphatic rings. The highest BCUT2D eigenvalue weighted by atomic mass is 32.3. The quantitative estimate of drug-likeness (QED) is 0.803. The van der Waals surface area contributed by atoms with Gasteiger partial charge in [0.15, 0.2) is 4.21 Å². The lowest BCUT2D eigenvalue weighted by atomic mass is 10.1. The van der Waals surface area contributed by atoms with E-state index in [1.54, 1.807) is 23.6 Å². The molecule has 0 aliphatic carbocycles. The number of rotatable bonds is 3. The third-order valence-corrected chi connectivity index (χ3v) is 4.75. The van der Waals surface area contributed by atoms with Crippen LogP contribution in [0.4, 0.5) is 0 Å². The summed E-state index contributed by atoms with van der Waals surface area (Å²) in [6.07, 6.45) is 0. The van der Waals surface area contributed by atoms with Gasteiger partial charge in [0.25, 0.3) is 0 Å². The Bertz CT molecular complexity index is 593. The third kappa shape index (κ3) is 2.87. The third-order valence-electron chi connectivity index (χ3n) is 2.14. The van der Waals surface area contributed by atoms with Gasteiger partial charge in [0, 0.05) is 0 Å². The van der Waals surface area contributed by atoms with E-state index in [1.165, 1.54) is 6.07 Å². The van der Waals surface area contributed by atoms with E-state index in [9.17, 15) is 8.42 Å². The molecule has 0 atom stereocenters. The summed E-state index contributed by atoms with van der Waals surface area (Å²) in [5, 5.41) is 1.71. The molecule has 2 aromatic rings. The van der Waals surface area contributed by atoms with Gasteiger partial charge in [0.1, 0.15) is 5.75 Å². The molecule has 2 rings (SSSR count). The Kier molecular flexibility index (Phi) is 3.22. The van der Waals surface area contributed by atoms with E-state index < -0.39 is 10.1 Å². The molecule has 0 bridgehead atoms. The van der Waals surface area contributed by atoms with E-state index in [1.807, 2.05) is 19.9 Å². The molecule has 1 aromatic carbocycles. The van der Waals surface area contributed by atoms with Crippen LogP contribution in [-0.2, 0) is 10.1 Å². The van der Waals surface area contributed by atoms with E-state index in [0.717, 1.165) is 22.5 Å². The van der Waals surface area contributed by atoms with E-state index in [0.29, 0.717) is 5.75 Å². The van der Waals surface area contributed by atoms with E-state index >= 15 is 0 Å². The first-order chi connectivity index (χ1) is 7.97. The maximum absolute atomic E-state index is 11.9. The van der Waals surface area contributed by atoms with Crippen molar-refractivity contribution in [3.05, 3.63) is 46.8 Å². The summed E-state index contributed by atoms with van der Waals surface area (Å²) >= 11 is 1.14. The van der Waals surface area contributed by atoms with Crippen LogP contribution in [-0.4, -0.2) is 8.42 Å². The molecular formula is C12H12O3S2. The Hall–Kier alpha value is -1.33. The van der Waals surface area contributed by atoms with Crippen LogP contribution < -0.4 is 4.18 Å². The summed E-state index contributed by atoms with van der Waals surface area (Å²) in [7, 11) is -3.68. The molecule has 90 valence electrons. The molecular weight excluding hydrogens is 256 g/mol. The van der Waals surface area contributed by atoms with Crippen molar-refractivity contribution < 1.29 is 12.6 Å². The fourth-order valence-electron chi connectivity index (χ4n) is 1.55. The smallest absolute Gasteiger partial charge is 0.348 e. The number of aryl methyl sites for hydroxylation is 2. The minimum absolute atomic E-state index is 0.219. The second kappa shape index (κ2) is 4.50.